The number of carbonyl (C=O) groups is 1. The first-order valence-electron chi connectivity index (χ1n) is 9.29. The van der Waals surface area contributed by atoms with Crippen molar-refractivity contribution in [2.45, 2.75) is 39.7 Å². The van der Waals surface area contributed by atoms with E-state index in [1.165, 1.54) is 0 Å². The van der Waals surface area contributed by atoms with Gasteiger partial charge in [0.25, 0.3) is 5.91 Å². The molecule has 0 saturated carbocycles. The third-order valence-electron chi connectivity index (χ3n) is 4.29. The number of benzene rings is 1. The number of tetrazole rings is 1. The van der Waals surface area contributed by atoms with Crippen molar-refractivity contribution in [2.24, 2.45) is 0 Å². The van der Waals surface area contributed by atoms with E-state index in [-0.39, 0.29) is 18.6 Å². The van der Waals surface area contributed by atoms with Gasteiger partial charge in [-0.05, 0) is 60.5 Å². The van der Waals surface area contributed by atoms with E-state index in [0.717, 1.165) is 35.5 Å². The van der Waals surface area contributed by atoms with Gasteiger partial charge in [0.2, 0.25) is 0 Å². The van der Waals surface area contributed by atoms with Crippen molar-refractivity contribution in [3.05, 3.63) is 53.5 Å². The molecule has 2 N–H and O–H groups in total. The molecule has 8 nitrogen and oxygen atoms in total. The molecule has 2 aromatic heterocycles. The fraction of sp³-hybridized carbons (Fsp3) is 0.350. The molecule has 0 radical (unpaired) electrons. The molecule has 3 aromatic rings. The van der Waals surface area contributed by atoms with Crippen molar-refractivity contribution >= 4 is 5.91 Å². The van der Waals surface area contributed by atoms with E-state index in [0.29, 0.717) is 11.3 Å². The van der Waals surface area contributed by atoms with E-state index in [1.54, 1.807) is 29.9 Å². The van der Waals surface area contributed by atoms with Crippen LogP contribution in [-0.4, -0.2) is 48.9 Å². The molecule has 0 aliphatic rings. The molecule has 8 heteroatoms. The maximum absolute atomic E-state index is 12.7. The van der Waals surface area contributed by atoms with Gasteiger partial charge in [0, 0.05) is 29.8 Å². The molecule has 0 aliphatic carbocycles. The molecule has 146 valence electrons. The van der Waals surface area contributed by atoms with Gasteiger partial charge >= 0.3 is 0 Å². The highest BCUT2D eigenvalue weighted by atomic mass is 16.3. The summed E-state index contributed by atoms with van der Waals surface area (Å²) >= 11 is 0. The number of aryl methyl sites for hydroxylation is 2. The Balaban J connectivity index is 2.09. The largest absolute Gasteiger partial charge is 0.394 e. The van der Waals surface area contributed by atoms with Gasteiger partial charge in [-0.1, -0.05) is 13.0 Å². The Bertz CT molecular complexity index is 952. The van der Waals surface area contributed by atoms with Crippen LogP contribution in [0.3, 0.4) is 0 Å². The summed E-state index contributed by atoms with van der Waals surface area (Å²) in [6, 6.07) is 8.98. The standard InChI is InChI=1S/C20H24N6O2/c1-4-5-19-23-24-25-26(19)17-9-15(18-7-6-13(2)11-21-18)8-16(10-17)20(28)22-14(3)12-27/h6-11,14,27H,4-5,12H2,1-3H3,(H,22,28)/t14-/m0/s1. The lowest BCUT2D eigenvalue weighted by Crippen LogP contribution is -2.35. The molecule has 0 aliphatic heterocycles. The lowest BCUT2D eigenvalue weighted by molar-refractivity contribution is 0.0922. The van der Waals surface area contributed by atoms with Gasteiger partial charge < -0.3 is 10.4 Å². The topological polar surface area (TPSA) is 106 Å². The number of pyridine rings is 1. The average molecular weight is 380 g/mol. The number of aliphatic hydroxyl groups excluding tert-OH is 1. The number of carbonyl (C=O) groups excluding carboxylic acids is 1. The minimum absolute atomic E-state index is 0.133. The van der Waals surface area contributed by atoms with Gasteiger partial charge in [-0.25, -0.2) is 0 Å². The lowest BCUT2D eigenvalue weighted by Gasteiger charge is -2.14. The Hall–Kier alpha value is -3.13. The first-order chi connectivity index (χ1) is 13.5. The molecule has 0 saturated heterocycles. The monoisotopic (exact) mass is 380 g/mol. The van der Waals surface area contributed by atoms with Crippen LogP contribution in [0.4, 0.5) is 0 Å². The van der Waals surface area contributed by atoms with Crippen LogP contribution in [0.1, 0.15) is 42.0 Å². The summed E-state index contributed by atoms with van der Waals surface area (Å²) in [4.78, 5) is 17.2. The molecule has 1 amide bonds. The second kappa shape index (κ2) is 8.71. The van der Waals surface area contributed by atoms with Crippen LogP contribution in [-0.2, 0) is 6.42 Å². The van der Waals surface area contributed by atoms with Crippen molar-refractivity contribution in [3.8, 4) is 16.9 Å². The zero-order valence-electron chi connectivity index (χ0n) is 16.3. The van der Waals surface area contributed by atoms with Crippen molar-refractivity contribution in [2.75, 3.05) is 6.61 Å². The minimum atomic E-state index is -0.346. The van der Waals surface area contributed by atoms with Crippen LogP contribution in [0.5, 0.6) is 0 Å². The Kier molecular flexibility index (Phi) is 6.10. The zero-order valence-corrected chi connectivity index (χ0v) is 16.3. The smallest absolute Gasteiger partial charge is 0.251 e. The number of aliphatic hydroxyl groups is 1. The molecule has 0 bridgehead atoms. The fourth-order valence-electron chi connectivity index (χ4n) is 2.79. The predicted molar refractivity (Wildman–Crippen MR) is 105 cm³/mol. The molecule has 2 heterocycles. The maximum Gasteiger partial charge on any atom is 0.251 e. The maximum atomic E-state index is 12.7. The quantitative estimate of drug-likeness (QED) is 0.650. The normalized spacial score (nSPS) is 12.0. The highest BCUT2D eigenvalue weighted by Crippen LogP contribution is 2.23. The SMILES string of the molecule is CCCc1nnnn1-c1cc(C(=O)N[C@@H](C)CO)cc(-c2ccc(C)cn2)c1. The Morgan fingerprint density at radius 3 is 2.79 bits per heavy atom. The van der Waals surface area contributed by atoms with Crippen LogP contribution in [0, 0.1) is 6.92 Å². The first kappa shape index (κ1) is 19.6. The molecule has 0 fully saturated rings. The summed E-state index contributed by atoms with van der Waals surface area (Å²) in [5.41, 5.74) is 3.74. The highest BCUT2D eigenvalue weighted by molar-refractivity contribution is 5.96. The van der Waals surface area contributed by atoms with Gasteiger partial charge in [-0.3, -0.25) is 9.78 Å². The summed E-state index contributed by atoms with van der Waals surface area (Å²) < 4.78 is 1.65. The molecular formula is C20H24N6O2. The number of aromatic nitrogens is 5. The van der Waals surface area contributed by atoms with Gasteiger partial charge in [-0.2, -0.15) is 4.68 Å². The number of rotatable bonds is 7. The van der Waals surface area contributed by atoms with Crippen molar-refractivity contribution in [1.82, 2.24) is 30.5 Å². The van der Waals surface area contributed by atoms with Crippen molar-refractivity contribution in [3.63, 3.8) is 0 Å². The Labute approximate surface area is 163 Å². The molecule has 28 heavy (non-hydrogen) atoms. The van der Waals surface area contributed by atoms with Crippen LogP contribution in [0.25, 0.3) is 16.9 Å². The van der Waals surface area contributed by atoms with E-state index in [1.807, 2.05) is 25.1 Å². The van der Waals surface area contributed by atoms with E-state index < -0.39 is 0 Å². The molecule has 1 atom stereocenters. The Morgan fingerprint density at radius 1 is 1.29 bits per heavy atom. The summed E-state index contributed by atoms with van der Waals surface area (Å²) in [5, 5.41) is 24.0. The summed E-state index contributed by atoms with van der Waals surface area (Å²) in [6.45, 7) is 5.64. The number of hydrogen-bond donors (Lipinski definition) is 2. The van der Waals surface area contributed by atoms with Gasteiger partial charge in [-0.15, -0.1) is 5.10 Å². The third kappa shape index (κ3) is 4.40. The predicted octanol–water partition coefficient (Wildman–Crippen LogP) is 2.10. The van der Waals surface area contributed by atoms with E-state index in [4.69, 9.17) is 0 Å². The lowest BCUT2D eigenvalue weighted by atomic mass is 10.0. The van der Waals surface area contributed by atoms with Crippen LogP contribution in [0.15, 0.2) is 36.5 Å². The molecule has 1 aromatic carbocycles. The van der Waals surface area contributed by atoms with Gasteiger partial charge in [0.05, 0.1) is 18.0 Å². The van der Waals surface area contributed by atoms with Gasteiger partial charge in [0.1, 0.15) is 0 Å². The van der Waals surface area contributed by atoms with Crippen LogP contribution in [0.2, 0.25) is 0 Å². The van der Waals surface area contributed by atoms with E-state index >= 15 is 0 Å². The zero-order chi connectivity index (χ0) is 20.1. The molecule has 0 spiro atoms. The number of nitrogens with zero attached hydrogens (tertiary/aromatic N) is 5. The van der Waals surface area contributed by atoms with Crippen LogP contribution < -0.4 is 5.32 Å². The van der Waals surface area contributed by atoms with Crippen molar-refractivity contribution in [1.29, 1.82) is 0 Å². The molecular weight excluding hydrogens is 356 g/mol. The summed E-state index contributed by atoms with van der Waals surface area (Å²) in [7, 11) is 0. The highest BCUT2D eigenvalue weighted by Gasteiger charge is 2.16. The summed E-state index contributed by atoms with van der Waals surface area (Å²) in [5.74, 6) is 0.452. The van der Waals surface area contributed by atoms with E-state index in [9.17, 15) is 9.90 Å². The number of amides is 1. The van der Waals surface area contributed by atoms with Gasteiger partial charge in [0.15, 0.2) is 5.82 Å². The third-order valence-corrected chi connectivity index (χ3v) is 4.29. The first-order valence-corrected chi connectivity index (χ1v) is 9.29. The molecule has 3 rings (SSSR count). The number of nitrogens with one attached hydrogen (secondary N) is 1. The van der Waals surface area contributed by atoms with Crippen molar-refractivity contribution < 1.29 is 9.90 Å². The number of hydrogen-bond acceptors (Lipinski definition) is 6. The summed E-state index contributed by atoms with van der Waals surface area (Å²) in [6.07, 6.45) is 3.42. The van der Waals surface area contributed by atoms with E-state index in [2.05, 4.69) is 32.7 Å². The average Bonchev–Trinajstić information content (AvgIpc) is 3.16. The Morgan fingerprint density at radius 2 is 2.11 bits per heavy atom. The minimum Gasteiger partial charge on any atom is -0.394 e. The fourth-order valence-corrected chi connectivity index (χ4v) is 2.79. The second-order valence-corrected chi connectivity index (χ2v) is 6.80. The van der Waals surface area contributed by atoms with Crippen LogP contribution >= 0.6 is 0 Å². The second-order valence-electron chi connectivity index (χ2n) is 6.80. The molecule has 0 unspecified atom stereocenters.